The Morgan fingerprint density at radius 2 is 1.94 bits per heavy atom. The van der Waals surface area contributed by atoms with E-state index in [1.165, 1.54) is 35.6 Å². The van der Waals surface area contributed by atoms with E-state index in [1.54, 1.807) is 4.31 Å². The summed E-state index contributed by atoms with van der Waals surface area (Å²) >= 11 is 7.74. The number of nitrogens with zero attached hydrogens (tertiary/aromatic N) is 3. The Hall–Kier alpha value is -2.00. The minimum Gasteiger partial charge on any atom is -0.315 e. The van der Waals surface area contributed by atoms with E-state index in [0.29, 0.717) is 28.5 Å². The molecule has 0 bridgehead atoms. The van der Waals surface area contributed by atoms with Crippen molar-refractivity contribution in [1.29, 1.82) is 0 Å². The van der Waals surface area contributed by atoms with Crippen LogP contribution in [-0.2, 0) is 16.6 Å². The smallest absolute Gasteiger partial charge is 0.279 e. The Balaban J connectivity index is 1.65. The van der Waals surface area contributed by atoms with E-state index < -0.39 is 15.9 Å². The average Bonchev–Trinajstić information content (AvgIpc) is 3.12. The molecule has 1 fully saturated rings. The maximum atomic E-state index is 13.0. The number of sulfonamides is 1. The van der Waals surface area contributed by atoms with E-state index in [4.69, 9.17) is 11.6 Å². The summed E-state index contributed by atoms with van der Waals surface area (Å²) in [4.78, 5) is 17.9. The lowest BCUT2D eigenvalue weighted by Gasteiger charge is -2.32. The second kappa shape index (κ2) is 8.86. The highest BCUT2D eigenvalue weighted by Crippen LogP contribution is 2.26. The fourth-order valence-electron chi connectivity index (χ4n) is 3.95. The summed E-state index contributed by atoms with van der Waals surface area (Å²) < 4.78 is 30.4. The minimum absolute atomic E-state index is 0.0145. The van der Waals surface area contributed by atoms with Gasteiger partial charge in [-0.1, -0.05) is 35.4 Å². The van der Waals surface area contributed by atoms with Gasteiger partial charge in [-0.25, -0.2) is 8.42 Å². The first-order valence-corrected chi connectivity index (χ1v) is 12.9. The topological polar surface area (TPSA) is 71.7 Å². The van der Waals surface area contributed by atoms with Crippen molar-refractivity contribution in [3.63, 3.8) is 0 Å². The van der Waals surface area contributed by atoms with Crippen LogP contribution in [0.15, 0.2) is 52.4 Å². The van der Waals surface area contributed by atoms with Gasteiger partial charge in [0.25, 0.3) is 5.91 Å². The van der Waals surface area contributed by atoms with E-state index in [0.717, 1.165) is 29.5 Å². The molecule has 31 heavy (non-hydrogen) atoms. The third-order valence-corrected chi connectivity index (χ3v) is 8.99. The molecule has 2 aromatic carbocycles. The Labute approximate surface area is 190 Å². The summed E-state index contributed by atoms with van der Waals surface area (Å²) in [6.07, 6.45) is 2.78. The van der Waals surface area contributed by atoms with Crippen LogP contribution >= 0.6 is 22.9 Å². The molecule has 0 N–H and O–H groups in total. The van der Waals surface area contributed by atoms with Crippen molar-refractivity contribution in [3.8, 4) is 0 Å². The molecular weight excluding hydrogens is 454 g/mol. The van der Waals surface area contributed by atoms with Gasteiger partial charge in [-0.2, -0.15) is 9.30 Å². The lowest BCUT2D eigenvalue weighted by Crippen LogP contribution is -2.41. The van der Waals surface area contributed by atoms with Crippen LogP contribution in [0.2, 0.25) is 5.02 Å². The first-order chi connectivity index (χ1) is 14.8. The number of fused-ring (bicyclic) bond motifs is 1. The third-order valence-electron chi connectivity index (χ3n) is 5.62. The number of benzene rings is 2. The number of carbonyl (C=O) groups is 1. The SMILES string of the molecule is CCn1c(=NC(=O)c2ccc(S(=O)(=O)N3CCCCC3C)cc2)sc2cccc(Cl)c21. The van der Waals surface area contributed by atoms with Gasteiger partial charge in [0.1, 0.15) is 0 Å². The molecule has 6 nitrogen and oxygen atoms in total. The number of piperidine rings is 1. The van der Waals surface area contributed by atoms with Crippen LogP contribution < -0.4 is 4.80 Å². The highest BCUT2D eigenvalue weighted by atomic mass is 35.5. The molecule has 0 spiro atoms. The number of halogens is 1. The quantitative estimate of drug-likeness (QED) is 0.547. The van der Waals surface area contributed by atoms with Crippen molar-refractivity contribution in [2.24, 2.45) is 4.99 Å². The molecule has 0 radical (unpaired) electrons. The summed E-state index contributed by atoms with van der Waals surface area (Å²) in [7, 11) is -3.57. The normalized spacial score (nSPS) is 18.5. The fraction of sp³-hybridized carbons (Fsp3) is 0.364. The zero-order valence-electron chi connectivity index (χ0n) is 17.4. The molecule has 164 valence electrons. The van der Waals surface area contributed by atoms with Crippen molar-refractivity contribution >= 4 is 49.1 Å². The van der Waals surface area contributed by atoms with Gasteiger partial charge < -0.3 is 4.57 Å². The highest BCUT2D eigenvalue weighted by Gasteiger charge is 2.30. The van der Waals surface area contributed by atoms with Gasteiger partial charge in [0.15, 0.2) is 4.80 Å². The van der Waals surface area contributed by atoms with Crippen LogP contribution in [0.1, 0.15) is 43.5 Å². The lowest BCUT2D eigenvalue weighted by atomic mass is 10.1. The van der Waals surface area contributed by atoms with Crippen molar-refractivity contribution in [1.82, 2.24) is 8.87 Å². The summed E-state index contributed by atoms with van der Waals surface area (Å²) in [5.41, 5.74) is 1.21. The van der Waals surface area contributed by atoms with Gasteiger partial charge in [0.05, 0.1) is 20.1 Å². The third kappa shape index (κ3) is 4.22. The van der Waals surface area contributed by atoms with Gasteiger partial charge in [0.2, 0.25) is 10.0 Å². The van der Waals surface area contributed by atoms with Gasteiger partial charge in [-0.3, -0.25) is 4.79 Å². The van der Waals surface area contributed by atoms with Gasteiger partial charge in [0, 0.05) is 24.7 Å². The molecular formula is C22H24ClN3O3S2. The van der Waals surface area contributed by atoms with Gasteiger partial charge in [-0.15, -0.1) is 0 Å². The standard InChI is InChI=1S/C22H24ClN3O3S2/c1-3-25-20-18(23)8-6-9-19(20)30-22(25)24-21(27)16-10-12-17(13-11-16)31(28,29)26-14-5-4-7-15(26)2/h6,8-13,15H,3-5,7,14H2,1-2H3. The van der Waals surface area contributed by atoms with Crippen molar-refractivity contribution < 1.29 is 13.2 Å². The number of aryl methyl sites for hydroxylation is 1. The predicted octanol–water partition coefficient (Wildman–Crippen LogP) is 4.68. The van der Waals surface area contributed by atoms with Gasteiger partial charge in [-0.05, 0) is 63.1 Å². The van der Waals surface area contributed by atoms with Crippen molar-refractivity contribution in [2.75, 3.05) is 6.54 Å². The predicted molar refractivity (Wildman–Crippen MR) is 124 cm³/mol. The number of hydrogen-bond acceptors (Lipinski definition) is 4. The van der Waals surface area contributed by atoms with Gasteiger partial charge >= 0.3 is 0 Å². The molecule has 1 aliphatic rings. The number of hydrogen-bond donors (Lipinski definition) is 0. The second-order valence-electron chi connectivity index (χ2n) is 7.62. The average molecular weight is 478 g/mol. The summed E-state index contributed by atoms with van der Waals surface area (Å²) in [5, 5.41) is 0.617. The molecule has 9 heteroatoms. The zero-order valence-corrected chi connectivity index (χ0v) is 19.8. The van der Waals surface area contributed by atoms with Crippen molar-refractivity contribution in [2.45, 2.75) is 50.6 Å². The Morgan fingerprint density at radius 3 is 2.61 bits per heavy atom. The summed E-state index contributed by atoms with van der Waals surface area (Å²) in [5.74, 6) is -0.417. The molecule has 1 aromatic heterocycles. The number of carbonyl (C=O) groups excluding carboxylic acids is 1. The molecule has 4 rings (SSSR count). The van der Waals surface area contributed by atoms with Crippen LogP contribution in [0.3, 0.4) is 0 Å². The molecule has 0 saturated carbocycles. The van der Waals surface area contributed by atoms with E-state index >= 15 is 0 Å². The van der Waals surface area contributed by atoms with E-state index in [9.17, 15) is 13.2 Å². The number of para-hydroxylation sites is 1. The Kier molecular flexibility index (Phi) is 6.35. The maximum absolute atomic E-state index is 13.0. The second-order valence-corrected chi connectivity index (χ2v) is 10.9. The first-order valence-electron chi connectivity index (χ1n) is 10.3. The summed E-state index contributed by atoms with van der Waals surface area (Å²) in [6.45, 7) is 5.07. The Bertz CT molecular complexity index is 1290. The molecule has 1 atom stereocenters. The number of amides is 1. The highest BCUT2D eigenvalue weighted by molar-refractivity contribution is 7.89. The van der Waals surface area contributed by atoms with Crippen LogP contribution in [0, 0.1) is 0 Å². The molecule has 1 saturated heterocycles. The number of thiazole rings is 1. The minimum atomic E-state index is -3.57. The first kappa shape index (κ1) is 22.2. The number of rotatable bonds is 4. The molecule has 0 aliphatic carbocycles. The fourth-order valence-corrected chi connectivity index (χ4v) is 7.10. The number of aromatic nitrogens is 1. The van der Waals surface area contributed by atoms with Crippen LogP contribution in [0.4, 0.5) is 0 Å². The Morgan fingerprint density at radius 1 is 1.19 bits per heavy atom. The van der Waals surface area contributed by atoms with E-state index in [-0.39, 0.29) is 10.9 Å². The van der Waals surface area contributed by atoms with E-state index in [1.807, 2.05) is 36.6 Å². The van der Waals surface area contributed by atoms with Crippen LogP contribution in [0.25, 0.3) is 10.2 Å². The lowest BCUT2D eigenvalue weighted by molar-refractivity contribution is 0.0997. The van der Waals surface area contributed by atoms with Crippen molar-refractivity contribution in [3.05, 3.63) is 57.9 Å². The van der Waals surface area contributed by atoms with Crippen LogP contribution in [-0.4, -0.2) is 35.8 Å². The van der Waals surface area contributed by atoms with E-state index in [2.05, 4.69) is 4.99 Å². The molecule has 2 heterocycles. The maximum Gasteiger partial charge on any atom is 0.279 e. The molecule has 1 amide bonds. The molecule has 3 aromatic rings. The van der Waals surface area contributed by atoms with Crippen LogP contribution in [0.5, 0.6) is 0 Å². The summed E-state index contributed by atoms with van der Waals surface area (Å²) in [6, 6.07) is 11.7. The zero-order chi connectivity index (χ0) is 22.2. The molecule has 1 aliphatic heterocycles. The largest absolute Gasteiger partial charge is 0.315 e. The monoisotopic (exact) mass is 477 g/mol. The molecule has 1 unspecified atom stereocenters.